The van der Waals surface area contributed by atoms with Crippen LogP contribution in [0.5, 0.6) is 11.5 Å². The van der Waals surface area contributed by atoms with E-state index in [1.165, 1.54) is 6.07 Å². The van der Waals surface area contributed by atoms with Gasteiger partial charge in [0.1, 0.15) is 5.75 Å². The van der Waals surface area contributed by atoms with Crippen molar-refractivity contribution in [3.63, 3.8) is 0 Å². The molecule has 2 aromatic rings. The summed E-state index contributed by atoms with van der Waals surface area (Å²) < 4.78 is 19.3. The lowest BCUT2D eigenvalue weighted by atomic mass is 10.1. The van der Waals surface area contributed by atoms with E-state index in [9.17, 15) is 4.39 Å². The molecule has 18 heavy (non-hydrogen) atoms. The Hall–Kier alpha value is -1.35. The van der Waals surface area contributed by atoms with Gasteiger partial charge >= 0.3 is 0 Å². The maximum atomic E-state index is 13.6. The molecule has 0 aromatic heterocycles. The minimum absolute atomic E-state index is 0.265. The second kappa shape index (κ2) is 5.53. The van der Waals surface area contributed by atoms with Crippen LogP contribution in [0.3, 0.4) is 0 Å². The zero-order valence-electron chi connectivity index (χ0n) is 10.3. The van der Waals surface area contributed by atoms with Crippen molar-refractivity contribution in [1.29, 1.82) is 0 Å². The topological polar surface area (TPSA) is 9.23 Å². The molecule has 0 amide bonds. The van der Waals surface area contributed by atoms with Crippen LogP contribution in [0, 0.1) is 19.7 Å². The van der Waals surface area contributed by atoms with Crippen LogP contribution < -0.4 is 4.74 Å². The average Bonchev–Trinajstić information content (AvgIpc) is 2.36. The van der Waals surface area contributed by atoms with Crippen molar-refractivity contribution in [2.24, 2.45) is 0 Å². The fourth-order valence-electron chi connectivity index (χ4n) is 1.72. The molecule has 0 aliphatic heterocycles. The van der Waals surface area contributed by atoms with Crippen LogP contribution in [0.2, 0.25) is 0 Å². The maximum absolute atomic E-state index is 13.6. The zero-order chi connectivity index (χ0) is 13.1. The Kier molecular flexibility index (Phi) is 4.02. The van der Waals surface area contributed by atoms with Crippen LogP contribution in [-0.4, -0.2) is 0 Å². The Bertz CT molecular complexity index is 566. The fourth-order valence-corrected chi connectivity index (χ4v) is 2.16. The van der Waals surface area contributed by atoms with Gasteiger partial charge in [-0.3, -0.25) is 0 Å². The van der Waals surface area contributed by atoms with Crippen LogP contribution in [0.15, 0.2) is 36.4 Å². The Morgan fingerprint density at radius 2 is 1.67 bits per heavy atom. The normalized spacial score (nSPS) is 10.4. The minimum Gasteiger partial charge on any atom is -0.454 e. The van der Waals surface area contributed by atoms with Crippen molar-refractivity contribution < 1.29 is 9.13 Å². The summed E-state index contributed by atoms with van der Waals surface area (Å²) in [6.07, 6.45) is 0. The summed E-state index contributed by atoms with van der Waals surface area (Å²) >= 11 is 3.42. The van der Waals surface area contributed by atoms with Gasteiger partial charge < -0.3 is 4.74 Å². The number of halogens is 2. The molecule has 0 spiro atoms. The Morgan fingerprint density at radius 1 is 1.00 bits per heavy atom. The summed E-state index contributed by atoms with van der Waals surface area (Å²) in [5.41, 5.74) is 3.14. The van der Waals surface area contributed by atoms with Gasteiger partial charge in [-0.2, -0.15) is 0 Å². The number of hydrogen-bond donors (Lipinski definition) is 0. The predicted molar refractivity (Wildman–Crippen MR) is 75.0 cm³/mol. The van der Waals surface area contributed by atoms with E-state index in [-0.39, 0.29) is 11.6 Å². The lowest BCUT2D eigenvalue weighted by molar-refractivity contribution is 0.439. The molecular weight excluding hydrogens is 295 g/mol. The first-order valence-electron chi connectivity index (χ1n) is 5.69. The lowest BCUT2D eigenvalue weighted by Crippen LogP contribution is -1.93. The number of hydrogen-bond acceptors (Lipinski definition) is 1. The van der Waals surface area contributed by atoms with Gasteiger partial charge in [0.15, 0.2) is 11.6 Å². The van der Waals surface area contributed by atoms with E-state index in [1.807, 2.05) is 32.0 Å². The van der Waals surface area contributed by atoms with Crippen molar-refractivity contribution in [1.82, 2.24) is 0 Å². The predicted octanol–water partition coefficient (Wildman–Crippen LogP) is 5.13. The highest BCUT2D eigenvalue weighted by atomic mass is 79.9. The van der Waals surface area contributed by atoms with E-state index >= 15 is 0 Å². The molecule has 0 heterocycles. The van der Waals surface area contributed by atoms with Gasteiger partial charge in [0.2, 0.25) is 0 Å². The number of ether oxygens (including phenoxy) is 1. The number of aryl methyl sites for hydroxylation is 2. The fraction of sp³-hybridized carbons (Fsp3) is 0.200. The van der Waals surface area contributed by atoms with Crippen LogP contribution in [0.4, 0.5) is 4.39 Å². The van der Waals surface area contributed by atoms with E-state index in [0.717, 1.165) is 16.7 Å². The quantitative estimate of drug-likeness (QED) is 0.714. The zero-order valence-corrected chi connectivity index (χ0v) is 11.9. The van der Waals surface area contributed by atoms with E-state index in [0.29, 0.717) is 11.1 Å². The second-order valence-corrected chi connectivity index (χ2v) is 4.84. The van der Waals surface area contributed by atoms with Gasteiger partial charge in [0.25, 0.3) is 0 Å². The third-order valence-corrected chi connectivity index (χ3v) is 3.27. The molecule has 0 aliphatic carbocycles. The summed E-state index contributed by atoms with van der Waals surface area (Å²) in [5.74, 6) is 0.602. The smallest absolute Gasteiger partial charge is 0.165 e. The van der Waals surface area contributed by atoms with E-state index in [4.69, 9.17) is 4.74 Å². The molecule has 0 unspecified atom stereocenters. The van der Waals surface area contributed by atoms with E-state index in [1.54, 1.807) is 12.1 Å². The largest absolute Gasteiger partial charge is 0.454 e. The van der Waals surface area contributed by atoms with Crippen molar-refractivity contribution in [3.8, 4) is 11.5 Å². The molecule has 0 aliphatic rings. The first kappa shape index (κ1) is 13.1. The Labute approximate surface area is 115 Å². The molecule has 2 rings (SSSR count). The van der Waals surface area contributed by atoms with Gasteiger partial charge in [-0.05, 0) is 37.6 Å². The molecular formula is C15H14BrFO. The molecule has 0 saturated heterocycles. The monoisotopic (exact) mass is 308 g/mol. The highest BCUT2D eigenvalue weighted by molar-refractivity contribution is 9.08. The number of rotatable bonds is 3. The van der Waals surface area contributed by atoms with Gasteiger partial charge in [-0.1, -0.05) is 39.7 Å². The summed E-state index contributed by atoms with van der Waals surface area (Å²) in [4.78, 5) is 0. The van der Waals surface area contributed by atoms with Crippen LogP contribution in [-0.2, 0) is 5.33 Å². The minimum atomic E-state index is -0.346. The summed E-state index contributed by atoms with van der Waals surface area (Å²) in [6.45, 7) is 3.93. The van der Waals surface area contributed by atoms with Gasteiger partial charge in [-0.25, -0.2) is 4.39 Å². The third-order valence-electron chi connectivity index (χ3n) is 2.67. The first-order chi connectivity index (χ1) is 8.60. The summed E-state index contributed by atoms with van der Waals surface area (Å²) in [6, 6.07) is 10.7. The Morgan fingerprint density at radius 3 is 2.39 bits per heavy atom. The maximum Gasteiger partial charge on any atom is 0.165 e. The highest BCUT2D eigenvalue weighted by Gasteiger charge is 2.08. The van der Waals surface area contributed by atoms with E-state index < -0.39 is 0 Å². The SMILES string of the molecule is Cc1ccc(Oc2cc(C)ccc2F)c(CBr)c1. The Balaban J connectivity index is 2.36. The molecule has 0 fully saturated rings. The second-order valence-electron chi connectivity index (χ2n) is 4.28. The molecule has 1 nitrogen and oxygen atoms in total. The van der Waals surface area contributed by atoms with Gasteiger partial charge in [0, 0.05) is 10.9 Å². The summed E-state index contributed by atoms with van der Waals surface area (Å²) in [5, 5.41) is 0.678. The number of alkyl halides is 1. The van der Waals surface area contributed by atoms with Gasteiger partial charge in [-0.15, -0.1) is 0 Å². The van der Waals surface area contributed by atoms with Crippen molar-refractivity contribution in [2.75, 3.05) is 0 Å². The molecule has 0 bridgehead atoms. The van der Waals surface area contributed by atoms with Crippen LogP contribution in [0.1, 0.15) is 16.7 Å². The van der Waals surface area contributed by atoms with Gasteiger partial charge in [0.05, 0.1) is 0 Å². The molecule has 3 heteroatoms. The van der Waals surface area contributed by atoms with Crippen LogP contribution in [0.25, 0.3) is 0 Å². The highest BCUT2D eigenvalue weighted by Crippen LogP contribution is 2.30. The molecule has 0 N–H and O–H groups in total. The lowest BCUT2D eigenvalue weighted by Gasteiger charge is -2.11. The van der Waals surface area contributed by atoms with Crippen molar-refractivity contribution in [2.45, 2.75) is 19.2 Å². The number of benzene rings is 2. The standard InChI is InChI=1S/C15H14BrFO/c1-10-4-6-14(12(7-10)9-16)18-15-8-11(2)3-5-13(15)17/h3-8H,9H2,1-2H3. The third kappa shape index (κ3) is 2.91. The molecule has 0 radical (unpaired) electrons. The molecule has 94 valence electrons. The first-order valence-corrected chi connectivity index (χ1v) is 6.82. The molecule has 2 aromatic carbocycles. The molecule has 0 atom stereocenters. The average molecular weight is 309 g/mol. The van der Waals surface area contributed by atoms with Crippen molar-refractivity contribution >= 4 is 15.9 Å². The molecule has 0 saturated carbocycles. The van der Waals surface area contributed by atoms with Crippen molar-refractivity contribution in [3.05, 3.63) is 58.9 Å². The van der Waals surface area contributed by atoms with E-state index in [2.05, 4.69) is 15.9 Å². The van der Waals surface area contributed by atoms with Crippen LogP contribution >= 0.6 is 15.9 Å². The summed E-state index contributed by atoms with van der Waals surface area (Å²) in [7, 11) is 0.